The molecule has 0 saturated carbocycles. The van der Waals surface area contributed by atoms with Gasteiger partial charge in [-0.25, -0.2) is 13.8 Å². The minimum atomic E-state index is -2.49. The van der Waals surface area contributed by atoms with E-state index >= 15 is 0 Å². The highest BCUT2D eigenvalue weighted by atomic mass is 79.9. The van der Waals surface area contributed by atoms with E-state index in [1.165, 1.54) is 6.07 Å². The van der Waals surface area contributed by atoms with Crippen LogP contribution in [0.5, 0.6) is 0 Å². The second-order valence-electron chi connectivity index (χ2n) is 2.22. The lowest BCUT2D eigenvalue weighted by Crippen LogP contribution is -2.00. The number of nitrogens with zero attached hydrogens (tertiary/aromatic N) is 1. The van der Waals surface area contributed by atoms with Crippen molar-refractivity contribution in [2.75, 3.05) is 0 Å². The third-order valence-corrected chi connectivity index (χ3v) is 2.12. The van der Waals surface area contributed by atoms with Crippen LogP contribution in [0.1, 0.15) is 17.6 Å². The Labute approximate surface area is 76.9 Å². The fourth-order valence-corrected chi connectivity index (χ4v) is 1.15. The van der Waals surface area contributed by atoms with E-state index < -0.39 is 6.43 Å². The molecule has 1 heterocycles. The molecule has 0 unspecified atom stereocenters. The van der Waals surface area contributed by atoms with Crippen molar-refractivity contribution < 1.29 is 8.78 Å². The third kappa shape index (κ3) is 1.98. The summed E-state index contributed by atoms with van der Waals surface area (Å²) in [6, 6.07) is 1.35. The average Bonchev–Trinajstić information content (AvgIpc) is 2.05. The molecule has 2 nitrogen and oxygen atoms in total. The molecule has 5 heteroatoms. The second kappa shape index (κ2) is 3.91. The lowest BCUT2D eigenvalue weighted by atomic mass is 10.2. The van der Waals surface area contributed by atoms with Crippen molar-refractivity contribution in [2.45, 2.75) is 13.0 Å². The van der Waals surface area contributed by atoms with Crippen molar-refractivity contribution in [3.8, 4) is 0 Å². The van der Waals surface area contributed by atoms with Crippen molar-refractivity contribution in [1.82, 2.24) is 4.98 Å². The van der Waals surface area contributed by atoms with Gasteiger partial charge in [-0.05, 0) is 27.6 Å². The molecule has 1 aromatic rings. The number of pyridine rings is 1. The molecular weight excluding hydrogens is 230 g/mol. The van der Waals surface area contributed by atoms with Crippen LogP contribution in [0.2, 0.25) is 0 Å². The highest BCUT2D eigenvalue weighted by Crippen LogP contribution is 2.22. The average molecular weight is 237 g/mol. The summed E-state index contributed by atoms with van der Waals surface area (Å²) in [5.41, 5.74) is 5.80. The van der Waals surface area contributed by atoms with E-state index in [9.17, 15) is 8.78 Å². The summed E-state index contributed by atoms with van der Waals surface area (Å²) < 4.78 is 24.8. The molecule has 0 aliphatic heterocycles. The van der Waals surface area contributed by atoms with Gasteiger partial charge in [-0.3, -0.25) is 0 Å². The van der Waals surface area contributed by atoms with Crippen LogP contribution in [0.25, 0.3) is 0 Å². The van der Waals surface area contributed by atoms with Gasteiger partial charge in [0.25, 0.3) is 6.43 Å². The van der Waals surface area contributed by atoms with Gasteiger partial charge in [0.2, 0.25) is 0 Å². The fraction of sp³-hybridized carbons (Fsp3) is 0.286. The van der Waals surface area contributed by atoms with Crippen LogP contribution in [-0.4, -0.2) is 4.98 Å². The molecule has 2 N–H and O–H groups in total. The van der Waals surface area contributed by atoms with E-state index in [2.05, 4.69) is 20.9 Å². The SMILES string of the molecule is NCc1cc(C(F)F)cnc1Br. The molecule has 1 aromatic heterocycles. The van der Waals surface area contributed by atoms with Crippen molar-refractivity contribution >= 4 is 15.9 Å². The van der Waals surface area contributed by atoms with Gasteiger partial charge in [0.15, 0.2) is 0 Å². The Kier molecular flexibility index (Phi) is 3.11. The normalized spacial score (nSPS) is 10.8. The number of alkyl halides is 2. The standard InChI is InChI=1S/C7H7BrF2N2/c8-6-4(2-11)1-5(3-12-6)7(9)10/h1,3,7H,2,11H2. The van der Waals surface area contributed by atoms with Gasteiger partial charge in [-0.1, -0.05) is 0 Å². The van der Waals surface area contributed by atoms with Crippen LogP contribution in [0.15, 0.2) is 16.9 Å². The van der Waals surface area contributed by atoms with Crippen LogP contribution in [-0.2, 0) is 6.54 Å². The zero-order chi connectivity index (χ0) is 9.14. The van der Waals surface area contributed by atoms with Crippen molar-refractivity contribution in [2.24, 2.45) is 5.73 Å². The Balaban J connectivity index is 3.05. The van der Waals surface area contributed by atoms with Crippen LogP contribution >= 0.6 is 15.9 Å². The molecule has 0 amide bonds. The Morgan fingerprint density at radius 1 is 1.58 bits per heavy atom. The molecule has 1 rings (SSSR count). The third-order valence-electron chi connectivity index (χ3n) is 1.40. The maximum absolute atomic E-state index is 12.1. The van der Waals surface area contributed by atoms with Gasteiger partial charge in [0, 0.05) is 18.3 Å². The van der Waals surface area contributed by atoms with E-state index in [1.54, 1.807) is 0 Å². The number of hydrogen-bond donors (Lipinski definition) is 1. The van der Waals surface area contributed by atoms with E-state index in [0.717, 1.165) is 6.20 Å². The fourth-order valence-electron chi connectivity index (χ4n) is 0.775. The lowest BCUT2D eigenvalue weighted by molar-refractivity contribution is 0.151. The van der Waals surface area contributed by atoms with Gasteiger partial charge in [-0.2, -0.15) is 0 Å². The van der Waals surface area contributed by atoms with E-state index in [0.29, 0.717) is 10.2 Å². The minimum Gasteiger partial charge on any atom is -0.326 e. The molecule has 0 aromatic carbocycles. The van der Waals surface area contributed by atoms with Crippen molar-refractivity contribution in [3.05, 3.63) is 28.0 Å². The predicted molar refractivity (Wildman–Crippen MR) is 44.8 cm³/mol. The largest absolute Gasteiger partial charge is 0.326 e. The molecule has 0 saturated heterocycles. The molecule has 66 valence electrons. The van der Waals surface area contributed by atoms with Gasteiger partial charge < -0.3 is 5.73 Å². The number of rotatable bonds is 2. The number of hydrogen-bond acceptors (Lipinski definition) is 2. The summed E-state index contributed by atoms with van der Waals surface area (Å²) in [6.45, 7) is 0.203. The van der Waals surface area contributed by atoms with E-state index in [4.69, 9.17) is 5.73 Å². The highest BCUT2D eigenvalue weighted by Gasteiger charge is 2.09. The first-order valence-corrected chi connectivity index (χ1v) is 4.07. The lowest BCUT2D eigenvalue weighted by Gasteiger charge is -2.03. The Morgan fingerprint density at radius 3 is 2.75 bits per heavy atom. The molecule has 0 aliphatic rings. The summed E-state index contributed by atoms with van der Waals surface area (Å²) >= 11 is 3.10. The summed E-state index contributed by atoms with van der Waals surface area (Å²) in [4.78, 5) is 3.73. The molecule has 0 radical (unpaired) electrons. The monoisotopic (exact) mass is 236 g/mol. The summed E-state index contributed by atoms with van der Waals surface area (Å²) in [7, 11) is 0. The molecule has 0 spiro atoms. The molecule has 0 fully saturated rings. The Morgan fingerprint density at radius 2 is 2.25 bits per heavy atom. The zero-order valence-electron chi connectivity index (χ0n) is 6.10. The maximum atomic E-state index is 12.1. The van der Waals surface area contributed by atoms with Gasteiger partial charge in [-0.15, -0.1) is 0 Å². The van der Waals surface area contributed by atoms with Gasteiger partial charge in [0.1, 0.15) is 4.60 Å². The Bertz CT molecular complexity index is 278. The Hall–Kier alpha value is -0.550. The maximum Gasteiger partial charge on any atom is 0.265 e. The summed E-state index contributed by atoms with van der Waals surface area (Å²) in [6.07, 6.45) is -1.36. The summed E-state index contributed by atoms with van der Waals surface area (Å²) in [5.74, 6) is 0. The van der Waals surface area contributed by atoms with E-state index in [-0.39, 0.29) is 12.1 Å². The summed E-state index contributed by atoms with van der Waals surface area (Å²) in [5, 5.41) is 0. The first-order valence-electron chi connectivity index (χ1n) is 3.27. The first kappa shape index (κ1) is 9.54. The van der Waals surface area contributed by atoms with Crippen molar-refractivity contribution in [3.63, 3.8) is 0 Å². The topological polar surface area (TPSA) is 38.9 Å². The van der Waals surface area contributed by atoms with Crippen LogP contribution in [0.3, 0.4) is 0 Å². The second-order valence-corrected chi connectivity index (χ2v) is 2.97. The number of aromatic nitrogens is 1. The molecule has 0 aliphatic carbocycles. The zero-order valence-corrected chi connectivity index (χ0v) is 7.68. The minimum absolute atomic E-state index is 0.0985. The van der Waals surface area contributed by atoms with Crippen LogP contribution in [0, 0.1) is 0 Å². The number of halogens is 3. The first-order chi connectivity index (χ1) is 5.65. The van der Waals surface area contributed by atoms with E-state index in [1.807, 2.05) is 0 Å². The van der Waals surface area contributed by atoms with Crippen molar-refractivity contribution in [1.29, 1.82) is 0 Å². The molecule has 0 atom stereocenters. The molecule has 0 bridgehead atoms. The van der Waals surface area contributed by atoms with Gasteiger partial charge in [0.05, 0.1) is 0 Å². The van der Waals surface area contributed by atoms with Crippen LogP contribution < -0.4 is 5.73 Å². The number of nitrogens with two attached hydrogens (primary N) is 1. The predicted octanol–water partition coefficient (Wildman–Crippen LogP) is 2.24. The smallest absolute Gasteiger partial charge is 0.265 e. The van der Waals surface area contributed by atoms with Gasteiger partial charge >= 0.3 is 0 Å². The quantitative estimate of drug-likeness (QED) is 0.801. The molecule has 12 heavy (non-hydrogen) atoms. The highest BCUT2D eigenvalue weighted by molar-refractivity contribution is 9.10. The van der Waals surface area contributed by atoms with Crippen LogP contribution in [0.4, 0.5) is 8.78 Å². The molecular formula is C7H7BrF2N2.